The summed E-state index contributed by atoms with van der Waals surface area (Å²) in [6, 6.07) is 9.98. The smallest absolute Gasteiger partial charge is 0.308 e. The Labute approximate surface area is 184 Å². The zero-order chi connectivity index (χ0) is 21.8. The van der Waals surface area contributed by atoms with Gasteiger partial charge in [-0.2, -0.15) is 0 Å². The monoisotopic (exact) mass is 452 g/mol. The SMILES string of the molecule is CCOC(=O)C(CCCCNS(=O)(=O)c1ccc(Cl)cc1)CCCc1cccnc1. The van der Waals surface area contributed by atoms with Crippen LogP contribution < -0.4 is 4.72 Å². The van der Waals surface area contributed by atoms with Crippen LogP contribution in [0, 0.1) is 5.92 Å². The number of aromatic nitrogens is 1. The van der Waals surface area contributed by atoms with Crippen LogP contribution in [-0.4, -0.2) is 32.5 Å². The van der Waals surface area contributed by atoms with Crippen molar-refractivity contribution in [2.75, 3.05) is 13.2 Å². The van der Waals surface area contributed by atoms with Crippen molar-refractivity contribution in [2.24, 2.45) is 5.92 Å². The van der Waals surface area contributed by atoms with E-state index in [4.69, 9.17) is 16.3 Å². The maximum absolute atomic E-state index is 12.3. The third kappa shape index (κ3) is 8.42. The summed E-state index contributed by atoms with van der Waals surface area (Å²) in [7, 11) is -3.55. The van der Waals surface area contributed by atoms with Crippen molar-refractivity contribution in [1.82, 2.24) is 9.71 Å². The minimum atomic E-state index is -3.55. The molecule has 164 valence electrons. The van der Waals surface area contributed by atoms with Gasteiger partial charge in [0.05, 0.1) is 17.4 Å². The van der Waals surface area contributed by atoms with Crippen LogP contribution in [-0.2, 0) is 26.0 Å². The summed E-state index contributed by atoms with van der Waals surface area (Å²) in [6.07, 6.45) is 8.12. The largest absolute Gasteiger partial charge is 0.466 e. The first-order valence-electron chi connectivity index (χ1n) is 10.2. The van der Waals surface area contributed by atoms with Crippen molar-refractivity contribution in [1.29, 1.82) is 0 Å². The summed E-state index contributed by atoms with van der Waals surface area (Å²) in [4.78, 5) is 16.6. The molecule has 0 fully saturated rings. The topological polar surface area (TPSA) is 85.4 Å². The van der Waals surface area contributed by atoms with Gasteiger partial charge in [0.2, 0.25) is 10.0 Å². The van der Waals surface area contributed by atoms with Crippen molar-refractivity contribution in [3.05, 3.63) is 59.4 Å². The van der Waals surface area contributed by atoms with Gasteiger partial charge in [-0.25, -0.2) is 13.1 Å². The van der Waals surface area contributed by atoms with Crippen LogP contribution in [0.1, 0.15) is 44.6 Å². The highest BCUT2D eigenvalue weighted by molar-refractivity contribution is 7.89. The Kier molecular flexibility index (Phi) is 10.3. The average Bonchev–Trinajstić information content (AvgIpc) is 2.73. The maximum Gasteiger partial charge on any atom is 0.308 e. The molecule has 1 aromatic carbocycles. The van der Waals surface area contributed by atoms with Crippen molar-refractivity contribution in [3.63, 3.8) is 0 Å². The molecule has 1 unspecified atom stereocenters. The molecule has 0 aliphatic rings. The number of hydrogen-bond donors (Lipinski definition) is 1. The van der Waals surface area contributed by atoms with E-state index in [2.05, 4.69) is 9.71 Å². The first-order chi connectivity index (χ1) is 14.4. The van der Waals surface area contributed by atoms with E-state index in [9.17, 15) is 13.2 Å². The molecular formula is C22H29ClN2O4S. The van der Waals surface area contributed by atoms with Gasteiger partial charge >= 0.3 is 5.97 Å². The quantitative estimate of drug-likeness (QED) is 0.360. The lowest BCUT2D eigenvalue weighted by Gasteiger charge is -2.15. The lowest BCUT2D eigenvalue weighted by atomic mass is 9.95. The number of rotatable bonds is 13. The highest BCUT2D eigenvalue weighted by Gasteiger charge is 2.19. The normalized spacial score (nSPS) is 12.5. The van der Waals surface area contributed by atoms with Gasteiger partial charge in [-0.05, 0) is 74.9 Å². The van der Waals surface area contributed by atoms with E-state index in [0.29, 0.717) is 31.0 Å². The van der Waals surface area contributed by atoms with Gasteiger partial charge in [-0.1, -0.05) is 24.1 Å². The van der Waals surface area contributed by atoms with E-state index in [0.717, 1.165) is 31.2 Å². The highest BCUT2D eigenvalue weighted by atomic mass is 35.5. The number of sulfonamides is 1. The molecule has 8 heteroatoms. The number of hydrogen-bond acceptors (Lipinski definition) is 5. The first kappa shape index (κ1) is 24.3. The Bertz CT molecular complexity index is 874. The molecular weight excluding hydrogens is 424 g/mol. The van der Waals surface area contributed by atoms with Crippen molar-refractivity contribution >= 4 is 27.6 Å². The van der Waals surface area contributed by atoms with E-state index in [1.807, 2.05) is 18.3 Å². The second kappa shape index (κ2) is 12.7. The molecule has 6 nitrogen and oxygen atoms in total. The van der Waals surface area contributed by atoms with Crippen molar-refractivity contribution in [2.45, 2.75) is 50.3 Å². The molecule has 0 aliphatic heterocycles. The zero-order valence-electron chi connectivity index (χ0n) is 17.2. The number of benzene rings is 1. The number of nitrogens with zero attached hydrogens (tertiary/aromatic N) is 1. The lowest BCUT2D eigenvalue weighted by molar-refractivity contribution is -0.148. The number of nitrogens with one attached hydrogen (secondary N) is 1. The fourth-order valence-electron chi connectivity index (χ4n) is 3.16. The summed E-state index contributed by atoms with van der Waals surface area (Å²) in [6.45, 7) is 2.48. The van der Waals surface area contributed by atoms with Crippen molar-refractivity contribution < 1.29 is 17.9 Å². The number of halogens is 1. The lowest BCUT2D eigenvalue weighted by Crippen LogP contribution is -2.25. The second-order valence-corrected chi connectivity index (χ2v) is 9.25. The molecule has 30 heavy (non-hydrogen) atoms. The summed E-state index contributed by atoms with van der Waals surface area (Å²) >= 11 is 5.80. The van der Waals surface area contributed by atoms with Gasteiger partial charge in [0.25, 0.3) is 0 Å². The van der Waals surface area contributed by atoms with E-state index in [1.54, 1.807) is 25.3 Å². The van der Waals surface area contributed by atoms with Crippen LogP contribution in [0.4, 0.5) is 0 Å². The number of carbonyl (C=O) groups excluding carboxylic acids is 1. The number of aryl methyl sites for hydroxylation is 1. The Morgan fingerprint density at radius 1 is 1.13 bits per heavy atom. The fourth-order valence-corrected chi connectivity index (χ4v) is 4.36. The van der Waals surface area contributed by atoms with E-state index in [-0.39, 0.29) is 16.8 Å². The van der Waals surface area contributed by atoms with Crippen LogP contribution in [0.25, 0.3) is 0 Å². The Morgan fingerprint density at radius 3 is 2.53 bits per heavy atom. The molecule has 0 bridgehead atoms. The first-order valence-corrected chi connectivity index (χ1v) is 12.1. The molecule has 0 saturated heterocycles. The maximum atomic E-state index is 12.3. The number of esters is 1. The number of unbranched alkanes of at least 4 members (excludes halogenated alkanes) is 1. The molecule has 0 saturated carbocycles. The van der Waals surface area contributed by atoms with Gasteiger partial charge < -0.3 is 4.74 Å². The van der Waals surface area contributed by atoms with Gasteiger partial charge in [-0.3, -0.25) is 9.78 Å². The minimum absolute atomic E-state index is 0.172. The summed E-state index contributed by atoms with van der Waals surface area (Å²) in [5, 5.41) is 0.488. The van der Waals surface area contributed by atoms with Crippen LogP contribution in [0.2, 0.25) is 5.02 Å². The van der Waals surface area contributed by atoms with Crippen LogP contribution >= 0.6 is 11.6 Å². The number of pyridine rings is 1. The molecule has 0 radical (unpaired) electrons. The minimum Gasteiger partial charge on any atom is -0.466 e. The van der Waals surface area contributed by atoms with Gasteiger partial charge in [-0.15, -0.1) is 0 Å². The molecule has 2 aromatic rings. The Morgan fingerprint density at radius 2 is 1.87 bits per heavy atom. The molecule has 1 atom stereocenters. The molecule has 0 amide bonds. The standard InChI is InChI=1S/C22H29ClN2O4S/c1-2-29-22(26)19(10-5-7-18-8-6-15-24-17-18)9-3-4-16-25-30(27,28)21-13-11-20(23)12-14-21/h6,8,11-15,17,19,25H,2-5,7,9-10,16H2,1H3. The van der Waals surface area contributed by atoms with Gasteiger partial charge in [0.15, 0.2) is 0 Å². The molecule has 0 spiro atoms. The molecule has 1 N–H and O–H groups in total. The number of carbonyl (C=O) groups is 1. The third-order valence-electron chi connectivity index (χ3n) is 4.76. The van der Waals surface area contributed by atoms with E-state index in [1.165, 1.54) is 12.1 Å². The molecule has 1 heterocycles. The predicted octanol–water partition coefficient (Wildman–Crippen LogP) is 4.39. The van der Waals surface area contributed by atoms with Crippen LogP contribution in [0.15, 0.2) is 53.7 Å². The van der Waals surface area contributed by atoms with Gasteiger partial charge in [0.1, 0.15) is 0 Å². The number of ether oxygens (including phenoxy) is 1. The van der Waals surface area contributed by atoms with Gasteiger partial charge in [0, 0.05) is 24.0 Å². The van der Waals surface area contributed by atoms with Crippen molar-refractivity contribution in [3.8, 4) is 0 Å². The fraction of sp³-hybridized carbons (Fsp3) is 0.455. The molecule has 1 aromatic heterocycles. The van der Waals surface area contributed by atoms with Crippen LogP contribution in [0.5, 0.6) is 0 Å². The second-order valence-electron chi connectivity index (χ2n) is 7.05. The third-order valence-corrected chi connectivity index (χ3v) is 6.49. The highest BCUT2D eigenvalue weighted by Crippen LogP contribution is 2.19. The van der Waals surface area contributed by atoms with Crippen LogP contribution in [0.3, 0.4) is 0 Å². The summed E-state index contributed by atoms with van der Waals surface area (Å²) in [5.74, 6) is -0.347. The Hall–Kier alpha value is -1.96. The zero-order valence-corrected chi connectivity index (χ0v) is 18.8. The van der Waals surface area contributed by atoms with E-state index >= 15 is 0 Å². The molecule has 2 rings (SSSR count). The average molecular weight is 453 g/mol. The summed E-state index contributed by atoms with van der Waals surface area (Å²) < 4.78 is 32.4. The Balaban J connectivity index is 1.76. The predicted molar refractivity (Wildman–Crippen MR) is 118 cm³/mol. The van der Waals surface area contributed by atoms with E-state index < -0.39 is 10.0 Å². The summed E-state index contributed by atoms with van der Waals surface area (Å²) in [5.41, 5.74) is 1.15. The molecule has 0 aliphatic carbocycles.